The van der Waals surface area contributed by atoms with Crippen molar-refractivity contribution in [1.29, 1.82) is 0 Å². The van der Waals surface area contributed by atoms with Crippen molar-refractivity contribution in [2.24, 2.45) is 0 Å². The van der Waals surface area contributed by atoms with Gasteiger partial charge in [0.05, 0.1) is 10.9 Å². The maximum absolute atomic E-state index is 14.9. The maximum Gasteiger partial charge on any atom is 0.319 e. The Morgan fingerprint density at radius 2 is 1.96 bits per heavy atom. The van der Waals surface area contributed by atoms with E-state index in [-0.39, 0.29) is 16.7 Å². The van der Waals surface area contributed by atoms with Crippen molar-refractivity contribution in [3.63, 3.8) is 0 Å². The average Bonchev–Trinajstić information content (AvgIpc) is 2.98. The monoisotopic (exact) mass is 375 g/mol. The fourth-order valence-corrected chi connectivity index (χ4v) is 2.77. The van der Waals surface area contributed by atoms with Gasteiger partial charge < -0.3 is 4.52 Å². The Morgan fingerprint density at radius 1 is 1.09 bits per heavy atom. The van der Waals surface area contributed by atoms with E-state index >= 15 is 0 Å². The molecule has 0 aliphatic rings. The number of pyridine rings is 2. The van der Waals surface area contributed by atoms with E-state index in [9.17, 15) is 8.78 Å². The topological polar surface area (TPSA) is 51.8 Å². The molecule has 1 aromatic carbocycles. The molecule has 0 N–H and O–H groups in total. The van der Waals surface area contributed by atoms with Gasteiger partial charge in [-0.25, -0.2) is 4.98 Å². The van der Waals surface area contributed by atoms with E-state index in [1.54, 1.807) is 24.4 Å². The van der Waals surface area contributed by atoms with Gasteiger partial charge in [-0.05, 0) is 40.2 Å². The Balaban J connectivity index is 1.91. The second-order valence-electron chi connectivity index (χ2n) is 5.02. The summed E-state index contributed by atoms with van der Waals surface area (Å²) in [5, 5.41) is 4.35. The van der Waals surface area contributed by atoms with Crippen molar-refractivity contribution in [2.45, 2.75) is 5.92 Å². The molecule has 0 saturated carbocycles. The van der Waals surface area contributed by atoms with Crippen molar-refractivity contribution in [3.8, 4) is 0 Å². The van der Waals surface area contributed by atoms with Crippen LogP contribution in [0.15, 0.2) is 57.8 Å². The van der Waals surface area contributed by atoms with Crippen LogP contribution in [0, 0.1) is 0 Å². The SMILES string of the molecule is FC(F)(c1ccc2ncccc2c1)c1noc2ncc(Br)cc12. The molecule has 114 valence electrons. The molecule has 3 aromatic heterocycles. The first kappa shape index (κ1) is 14.2. The van der Waals surface area contributed by atoms with Crippen molar-refractivity contribution in [1.82, 2.24) is 15.1 Å². The second-order valence-corrected chi connectivity index (χ2v) is 5.94. The molecule has 0 aliphatic carbocycles. The van der Waals surface area contributed by atoms with E-state index in [1.807, 2.05) is 0 Å². The fraction of sp³-hybridized carbons (Fsp3) is 0.0625. The number of benzene rings is 1. The third-order valence-corrected chi connectivity index (χ3v) is 3.99. The van der Waals surface area contributed by atoms with Gasteiger partial charge >= 0.3 is 5.92 Å². The van der Waals surface area contributed by atoms with Crippen molar-refractivity contribution in [2.75, 3.05) is 0 Å². The van der Waals surface area contributed by atoms with Gasteiger partial charge in [0.15, 0.2) is 5.69 Å². The highest BCUT2D eigenvalue weighted by Gasteiger charge is 2.39. The van der Waals surface area contributed by atoms with Gasteiger partial charge in [0.1, 0.15) is 0 Å². The van der Waals surface area contributed by atoms with Crippen LogP contribution in [0.5, 0.6) is 0 Å². The van der Waals surface area contributed by atoms with Crippen LogP contribution in [0.2, 0.25) is 0 Å². The number of halogens is 3. The molecule has 0 unspecified atom stereocenters. The Kier molecular flexibility index (Phi) is 3.12. The molecule has 0 fully saturated rings. The zero-order valence-corrected chi connectivity index (χ0v) is 13.1. The molecule has 0 atom stereocenters. The van der Waals surface area contributed by atoms with E-state index < -0.39 is 11.6 Å². The molecule has 4 rings (SSSR count). The normalized spacial score (nSPS) is 12.1. The molecule has 7 heteroatoms. The van der Waals surface area contributed by atoms with Gasteiger partial charge in [-0.15, -0.1) is 0 Å². The van der Waals surface area contributed by atoms with Crippen LogP contribution >= 0.6 is 15.9 Å². The van der Waals surface area contributed by atoms with Gasteiger partial charge in [0, 0.05) is 27.8 Å². The highest BCUT2D eigenvalue weighted by molar-refractivity contribution is 9.10. The van der Waals surface area contributed by atoms with E-state index in [0.29, 0.717) is 15.4 Å². The third kappa shape index (κ3) is 2.28. The molecular weight excluding hydrogens is 368 g/mol. The van der Waals surface area contributed by atoms with Crippen LogP contribution in [-0.2, 0) is 5.92 Å². The number of hydrogen-bond acceptors (Lipinski definition) is 4. The molecule has 4 aromatic rings. The fourth-order valence-electron chi connectivity index (χ4n) is 2.44. The molecule has 3 heterocycles. The minimum atomic E-state index is -3.31. The van der Waals surface area contributed by atoms with Crippen molar-refractivity contribution >= 4 is 37.9 Å². The van der Waals surface area contributed by atoms with Gasteiger partial charge in [-0.1, -0.05) is 17.3 Å². The summed E-state index contributed by atoms with van der Waals surface area (Å²) in [5.74, 6) is -3.31. The minimum absolute atomic E-state index is 0.0744. The Morgan fingerprint density at radius 3 is 2.83 bits per heavy atom. The van der Waals surface area contributed by atoms with Gasteiger partial charge in [-0.3, -0.25) is 4.98 Å². The quantitative estimate of drug-likeness (QED) is 0.510. The van der Waals surface area contributed by atoms with Gasteiger partial charge in [0.25, 0.3) is 5.71 Å². The largest absolute Gasteiger partial charge is 0.335 e. The van der Waals surface area contributed by atoms with E-state index in [2.05, 4.69) is 31.1 Å². The lowest BCUT2D eigenvalue weighted by Crippen LogP contribution is -2.16. The lowest BCUT2D eigenvalue weighted by molar-refractivity contribution is 0.0362. The highest BCUT2D eigenvalue weighted by atomic mass is 79.9. The summed E-state index contributed by atoms with van der Waals surface area (Å²) in [4.78, 5) is 8.07. The van der Waals surface area contributed by atoms with Crippen LogP contribution < -0.4 is 0 Å². The second kappa shape index (κ2) is 5.06. The summed E-state index contributed by atoms with van der Waals surface area (Å²) in [7, 11) is 0. The van der Waals surface area contributed by atoms with E-state index in [1.165, 1.54) is 24.4 Å². The molecule has 0 saturated heterocycles. The molecule has 0 spiro atoms. The predicted octanol–water partition coefficient (Wildman–Crippen LogP) is 4.67. The summed E-state index contributed by atoms with van der Waals surface area (Å²) >= 11 is 3.22. The predicted molar refractivity (Wildman–Crippen MR) is 84.2 cm³/mol. The smallest absolute Gasteiger partial charge is 0.319 e. The summed E-state index contributed by atoms with van der Waals surface area (Å²) in [5.41, 5.74) is 0.101. The summed E-state index contributed by atoms with van der Waals surface area (Å²) < 4.78 is 35.4. The molecule has 23 heavy (non-hydrogen) atoms. The summed E-state index contributed by atoms with van der Waals surface area (Å²) in [6.45, 7) is 0. The molecule has 0 aliphatic heterocycles. The lowest BCUT2D eigenvalue weighted by atomic mass is 10.0. The van der Waals surface area contributed by atoms with Gasteiger partial charge in [0.2, 0.25) is 0 Å². The van der Waals surface area contributed by atoms with E-state index in [4.69, 9.17) is 4.52 Å². The van der Waals surface area contributed by atoms with Crippen LogP contribution in [0.4, 0.5) is 8.78 Å². The molecule has 0 amide bonds. The first-order valence-electron chi connectivity index (χ1n) is 6.70. The van der Waals surface area contributed by atoms with Crippen molar-refractivity contribution < 1.29 is 13.3 Å². The first-order valence-corrected chi connectivity index (χ1v) is 7.49. The lowest BCUT2D eigenvalue weighted by Gasteiger charge is -2.14. The van der Waals surface area contributed by atoms with Crippen molar-refractivity contribution in [3.05, 3.63) is 64.5 Å². The number of hydrogen-bond donors (Lipinski definition) is 0. The van der Waals surface area contributed by atoms with E-state index in [0.717, 1.165) is 0 Å². The highest BCUT2D eigenvalue weighted by Crippen LogP contribution is 2.39. The van der Waals surface area contributed by atoms with Crippen LogP contribution in [0.25, 0.3) is 22.0 Å². The molecular formula is C16H8BrF2N3O. The number of fused-ring (bicyclic) bond motifs is 2. The standard InChI is InChI=1S/C16H8BrF2N3O/c17-11-7-12-14(22-23-15(12)21-8-11)16(18,19)10-3-4-13-9(6-10)2-1-5-20-13/h1-8H. The zero-order chi connectivity index (χ0) is 16.0. The van der Waals surface area contributed by atoms with Crippen LogP contribution in [-0.4, -0.2) is 15.1 Å². The molecule has 0 bridgehead atoms. The zero-order valence-electron chi connectivity index (χ0n) is 11.5. The van der Waals surface area contributed by atoms with Crippen LogP contribution in [0.3, 0.4) is 0 Å². The Hall–Kier alpha value is -2.41. The molecule has 0 radical (unpaired) electrons. The average molecular weight is 376 g/mol. The van der Waals surface area contributed by atoms with Crippen LogP contribution in [0.1, 0.15) is 11.3 Å². The summed E-state index contributed by atoms with van der Waals surface area (Å²) in [6, 6.07) is 9.28. The summed E-state index contributed by atoms with van der Waals surface area (Å²) in [6.07, 6.45) is 3.09. The first-order chi connectivity index (χ1) is 11.1. The number of nitrogens with zero attached hydrogens (tertiary/aromatic N) is 3. The van der Waals surface area contributed by atoms with Gasteiger partial charge in [-0.2, -0.15) is 8.78 Å². The Labute approximate surface area is 137 Å². The maximum atomic E-state index is 14.9. The number of rotatable bonds is 2. The number of aromatic nitrogens is 3. The third-order valence-electron chi connectivity index (χ3n) is 3.56. The number of alkyl halides is 2. The minimum Gasteiger partial charge on any atom is -0.335 e. The molecule has 4 nitrogen and oxygen atoms in total. The Bertz CT molecular complexity index is 1030.